The first-order valence-corrected chi connectivity index (χ1v) is 6.60. The monoisotopic (exact) mass is 250 g/mol. The summed E-state index contributed by atoms with van der Waals surface area (Å²) in [6.45, 7) is 5.92. The van der Waals surface area contributed by atoms with E-state index >= 15 is 0 Å². The van der Waals surface area contributed by atoms with E-state index in [1.54, 1.807) is 4.68 Å². The Morgan fingerprint density at radius 1 is 1.56 bits per heavy atom. The number of carbonyl (C=O) groups is 1. The Morgan fingerprint density at radius 2 is 2.22 bits per heavy atom. The van der Waals surface area contributed by atoms with Crippen LogP contribution in [-0.2, 0) is 18.3 Å². The molecule has 1 fully saturated rings. The van der Waals surface area contributed by atoms with Crippen LogP contribution in [0.2, 0.25) is 0 Å². The third kappa shape index (κ3) is 2.56. The van der Waals surface area contributed by atoms with Crippen LogP contribution in [0.4, 0.5) is 5.69 Å². The van der Waals surface area contributed by atoms with E-state index in [1.807, 2.05) is 27.1 Å². The molecule has 1 aromatic heterocycles. The highest BCUT2D eigenvalue weighted by Gasteiger charge is 2.34. The molecule has 0 unspecified atom stereocenters. The van der Waals surface area contributed by atoms with E-state index < -0.39 is 0 Å². The maximum Gasteiger partial charge on any atom is 0.230 e. The number of piperidine rings is 1. The van der Waals surface area contributed by atoms with Crippen LogP contribution >= 0.6 is 0 Å². The van der Waals surface area contributed by atoms with Gasteiger partial charge in [-0.2, -0.15) is 5.10 Å². The van der Waals surface area contributed by atoms with Gasteiger partial charge in [0.05, 0.1) is 11.4 Å². The predicted molar refractivity (Wildman–Crippen MR) is 71.4 cm³/mol. The summed E-state index contributed by atoms with van der Waals surface area (Å²) in [5.41, 5.74) is 1.54. The van der Waals surface area contributed by atoms with Gasteiger partial charge < -0.3 is 10.6 Å². The lowest BCUT2D eigenvalue weighted by atomic mass is 9.80. The summed E-state index contributed by atoms with van der Waals surface area (Å²) < 4.78 is 1.75. The third-order valence-corrected chi connectivity index (χ3v) is 3.74. The Balaban J connectivity index is 2.10. The highest BCUT2D eigenvalue weighted by Crippen LogP contribution is 2.30. The number of aryl methyl sites for hydroxylation is 2. The van der Waals surface area contributed by atoms with Crippen molar-refractivity contribution in [1.82, 2.24) is 15.1 Å². The zero-order chi connectivity index (χ0) is 13.2. The quantitative estimate of drug-likeness (QED) is 0.850. The average molecular weight is 250 g/mol. The standard InChI is InChI=1S/C13H22N4O/c1-4-10-11(9-17(3)16-10)15-12(18)13(2)5-7-14-8-6-13/h9,14H,4-8H2,1-3H3,(H,15,18). The molecule has 0 aromatic carbocycles. The second-order valence-corrected chi connectivity index (χ2v) is 5.28. The minimum atomic E-state index is -0.258. The normalized spacial score (nSPS) is 18.6. The van der Waals surface area contributed by atoms with Crippen LogP contribution in [0.15, 0.2) is 6.20 Å². The SMILES string of the molecule is CCc1nn(C)cc1NC(=O)C1(C)CCNCC1. The predicted octanol–water partition coefficient (Wildman–Crippen LogP) is 1.31. The van der Waals surface area contributed by atoms with Crippen molar-refractivity contribution in [2.24, 2.45) is 12.5 Å². The Hall–Kier alpha value is -1.36. The number of hydrogen-bond donors (Lipinski definition) is 2. The van der Waals surface area contributed by atoms with E-state index in [0.29, 0.717) is 0 Å². The van der Waals surface area contributed by atoms with Gasteiger partial charge in [-0.15, -0.1) is 0 Å². The molecule has 100 valence electrons. The smallest absolute Gasteiger partial charge is 0.230 e. The van der Waals surface area contributed by atoms with Crippen molar-refractivity contribution >= 4 is 11.6 Å². The molecular weight excluding hydrogens is 228 g/mol. The summed E-state index contributed by atoms with van der Waals surface area (Å²) >= 11 is 0. The van der Waals surface area contributed by atoms with Crippen molar-refractivity contribution in [2.45, 2.75) is 33.1 Å². The number of nitrogens with one attached hydrogen (secondary N) is 2. The second-order valence-electron chi connectivity index (χ2n) is 5.28. The van der Waals surface area contributed by atoms with Gasteiger partial charge >= 0.3 is 0 Å². The molecule has 0 aliphatic carbocycles. The van der Waals surface area contributed by atoms with Crippen molar-refractivity contribution in [3.05, 3.63) is 11.9 Å². The molecule has 5 heteroatoms. The van der Waals surface area contributed by atoms with Crippen LogP contribution in [0, 0.1) is 5.41 Å². The van der Waals surface area contributed by atoms with E-state index in [2.05, 4.69) is 15.7 Å². The molecular formula is C13H22N4O. The van der Waals surface area contributed by atoms with Crippen molar-refractivity contribution in [1.29, 1.82) is 0 Å². The van der Waals surface area contributed by atoms with Gasteiger partial charge in [0.25, 0.3) is 0 Å². The number of aromatic nitrogens is 2. The molecule has 2 N–H and O–H groups in total. The fourth-order valence-electron chi connectivity index (χ4n) is 2.38. The molecule has 1 saturated heterocycles. The molecule has 2 rings (SSSR count). The van der Waals surface area contributed by atoms with Gasteiger partial charge in [0.15, 0.2) is 0 Å². The van der Waals surface area contributed by atoms with Crippen molar-refractivity contribution in [3.63, 3.8) is 0 Å². The Labute approximate surface area is 108 Å². The molecule has 0 radical (unpaired) electrons. The average Bonchev–Trinajstić information content (AvgIpc) is 2.70. The van der Waals surface area contributed by atoms with E-state index in [-0.39, 0.29) is 11.3 Å². The first-order chi connectivity index (χ1) is 8.55. The summed E-state index contributed by atoms with van der Waals surface area (Å²) in [5.74, 6) is 0.117. The van der Waals surface area contributed by atoms with Gasteiger partial charge in [-0.1, -0.05) is 13.8 Å². The van der Waals surface area contributed by atoms with E-state index in [0.717, 1.165) is 43.7 Å². The largest absolute Gasteiger partial charge is 0.323 e. The van der Waals surface area contributed by atoms with Gasteiger partial charge in [-0.3, -0.25) is 9.48 Å². The van der Waals surface area contributed by atoms with Gasteiger partial charge in [-0.05, 0) is 32.4 Å². The number of hydrogen-bond acceptors (Lipinski definition) is 3. The summed E-state index contributed by atoms with van der Waals surface area (Å²) in [4.78, 5) is 12.4. The zero-order valence-corrected chi connectivity index (χ0v) is 11.4. The first kappa shape index (κ1) is 13.1. The van der Waals surface area contributed by atoms with Crippen LogP contribution < -0.4 is 10.6 Å². The molecule has 0 saturated carbocycles. The lowest BCUT2D eigenvalue weighted by Gasteiger charge is -2.32. The van der Waals surface area contributed by atoms with E-state index in [1.165, 1.54) is 0 Å². The van der Waals surface area contributed by atoms with E-state index in [9.17, 15) is 4.79 Å². The maximum atomic E-state index is 12.4. The number of amides is 1. The van der Waals surface area contributed by atoms with Gasteiger partial charge in [0.2, 0.25) is 5.91 Å². The highest BCUT2D eigenvalue weighted by atomic mass is 16.2. The van der Waals surface area contributed by atoms with Crippen LogP contribution in [0.3, 0.4) is 0 Å². The van der Waals surface area contributed by atoms with Crippen molar-refractivity contribution < 1.29 is 4.79 Å². The molecule has 5 nitrogen and oxygen atoms in total. The summed E-state index contributed by atoms with van der Waals surface area (Å²) in [6.07, 6.45) is 4.48. The maximum absolute atomic E-state index is 12.4. The summed E-state index contributed by atoms with van der Waals surface area (Å²) in [6, 6.07) is 0. The zero-order valence-electron chi connectivity index (χ0n) is 11.4. The Morgan fingerprint density at radius 3 is 2.83 bits per heavy atom. The van der Waals surface area contributed by atoms with Crippen LogP contribution in [0.25, 0.3) is 0 Å². The first-order valence-electron chi connectivity index (χ1n) is 6.60. The number of nitrogens with zero attached hydrogens (tertiary/aromatic N) is 2. The molecule has 1 amide bonds. The molecule has 0 spiro atoms. The molecule has 2 heterocycles. The molecule has 18 heavy (non-hydrogen) atoms. The minimum absolute atomic E-state index is 0.117. The topological polar surface area (TPSA) is 59.0 Å². The van der Waals surface area contributed by atoms with Crippen LogP contribution in [-0.4, -0.2) is 28.8 Å². The summed E-state index contributed by atoms with van der Waals surface area (Å²) in [5, 5.41) is 10.7. The van der Waals surface area contributed by atoms with Gasteiger partial charge in [0.1, 0.15) is 0 Å². The number of carbonyl (C=O) groups excluding carboxylic acids is 1. The van der Waals surface area contributed by atoms with Gasteiger partial charge in [0, 0.05) is 18.7 Å². The molecule has 1 aromatic rings. The van der Waals surface area contributed by atoms with E-state index in [4.69, 9.17) is 0 Å². The molecule has 1 aliphatic rings. The lowest BCUT2D eigenvalue weighted by molar-refractivity contribution is -0.126. The lowest BCUT2D eigenvalue weighted by Crippen LogP contribution is -2.42. The fourth-order valence-corrected chi connectivity index (χ4v) is 2.38. The molecule has 1 aliphatic heterocycles. The molecule has 0 bridgehead atoms. The highest BCUT2D eigenvalue weighted by molar-refractivity contribution is 5.95. The minimum Gasteiger partial charge on any atom is -0.323 e. The Kier molecular flexibility index (Phi) is 3.71. The fraction of sp³-hybridized carbons (Fsp3) is 0.692. The molecule has 0 atom stereocenters. The van der Waals surface area contributed by atoms with Gasteiger partial charge in [-0.25, -0.2) is 0 Å². The van der Waals surface area contributed by atoms with Crippen LogP contribution in [0.1, 0.15) is 32.4 Å². The van der Waals surface area contributed by atoms with Crippen molar-refractivity contribution in [3.8, 4) is 0 Å². The van der Waals surface area contributed by atoms with Crippen molar-refractivity contribution in [2.75, 3.05) is 18.4 Å². The summed E-state index contributed by atoms with van der Waals surface area (Å²) in [7, 11) is 1.88. The Bertz CT molecular complexity index is 432. The number of anilines is 1. The number of rotatable bonds is 3. The second kappa shape index (κ2) is 5.10. The van der Waals surface area contributed by atoms with Crippen LogP contribution in [0.5, 0.6) is 0 Å². The third-order valence-electron chi connectivity index (χ3n) is 3.74.